The molecular weight excluding hydrogens is 238 g/mol. The second-order valence-corrected chi connectivity index (χ2v) is 6.15. The summed E-state index contributed by atoms with van der Waals surface area (Å²) in [5.41, 5.74) is 1.39. The van der Waals surface area contributed by atoms with E-state index in [1.54, 1.807) is 0 Å². The van der Waals surface area contributed by atoms with Crippen LogP contribution in [0.4, 0.5) is 0 Å². The molecule has 1 aromatic heterocycles. The Morgan fingerprint density at radius 2 is 2.16 bits per heavy atom. The van der Waals surface area contributed by atoms with Crippen LogP contribution in [0.1, 0.15) is 63.1 Å². The Labute approximate surface area is 114 Å². The number of allylic oxidation sites excluding steroid dienone is 1. The summed E-state index contributed by atoms with van der Waals surface area (Å²) >= 11 is 0. The maximum atomic E-state index is 5.38. The molecule has 1 aromatic rings. The highest BCUT2D eigenvalue weighted by Gasteiger charge is 2.31. The first-order chi connectivity index (χ1) is 9.22. The Bertz CT molecular complexity index is 458. The molecule has 1 unspecified atom stereocenters. The normalized spacial score (nSPS) is 24.4. The zero-order valence-corrected chi connectivity index (χ0v) is 11.9. The number of hydrogen-bond acceptors (Lipinski definition) is 4. The molecule has 0 aromatic carbocycles. The lowest BCUT2D eigenvalue weighted by molar-refractivity contribution is 0.220. The summed E-state index contributed by atoms with van der Waals surface area (Å²) in [4.78, 5) is 7.10. The summed E-state index contributed by atoms with van der Waals surface area (Å²) < 4.78 is 5.38. The molecule has 2 fully saturated rings. The van der Waals surface area contributed by atoms with Gasteiger partial charge in [0.1, 0.15) is 0 Å². The summed E-state index contributed by atoms with van der Waals surface area (Å²) in [5, 5.41) is 4.20. The van der Waals surface area contributed by atoms with E-state index in [0.717, 1.165) is 24.8 Å². The van der Waals surface area contributed by atoms with Crippen molar-refractivity contribution in [3.05, 3.63) is 23.4 Å². The standard InChI is InChI=1S/C15H23N3O/c1-11(2)7-9-18-8-3-4-13(10-18)14-16-15(19-17-14)12-5-6-12/h7,12-13H,3-6,8-10H2,1-2H3. The lowest BCUT2D eigenvalue weighted by Gasteiger charge is -2.30. The van der Waals surface area contributed by atoms with E-state index in [4.69, 9.17) is 4.52 Å². The summed E-state index contributed by atoms with van der Waals surface area (Å²) in [7, 11) is 0. The molecule has 19 heavy (non-hydrogen) atoms. The van der Waals surface area contributed by atoms with Crippen molar-refractivity contribution in [3.63, 3.8) is 0 Å². The quantitative estimate of drug-likeness (QED) is 0.781. The van der Waals surface area contributed by atoms with Crippen LogP contribution in [0.25, 0.3) is 0 Å². The Balaban J connectivity index is 1.61. The first-order valence-electron chi connectivity index (χ1n) is 7.41. The van der Waals surface area contributed by atoms with Gasteiger partial charge >= 0.3 is 0 Å². The zero-order valence-electron chi connectivity index (χ0n) is 11.9. The minimum absolute atomic E-state index is 0.454. The summed E-state index contributed by atoms with van der Waals surface area (Å²) in [6.07, 6.45) is 7.16. The number of likely N-dealkylation sites (tertiary alicyclic amines) is 1. The molecule has 1 saturated heterocycles. The molecule has 1 atom stereocenters. The van der Waals surface area contributed by atoms with Gasteiger partial charge in [-0.1, -0.05) is 16.8 Å². The third-order valence-electron chi connectivity index (χ3n) is 4.01. The van der Waals surface area contributed by atoms with Gasteiger partial charge in [0.25, 0.3) is 0 Å². The van der Waals surface area contributed by atoms with Crippen LogP contribution in [-0.2, 0) is 0 Å². The Morgan fingerprint density at radius 3 is 2.89 bits per heavy atom. The van der Waals surface area contributed by atoms with E-state index in [-0.39, 0.29) is 0 Å². The average Bonchev–Trinajstić information content (AvgIpc) is 3.14. The van der Waals surface area contributed by atoms with Crippen molar-refractivity contribution < 1.29 is 4.52 Å². The predicted molar refractivity (Wildman–Crippen MR) is 74.1 cm³/mol. The van der Waals surface area contributed by atoms with Gasteiger partial charge in [-0.05, 0) is 46.1 Å². The Kier molecular flexibility index (Phi) is 3.69. The first-order valence-corrected chi connectivity index (χ1v) is 7.41. The van der Waals surface area contributed by atoms with E-state index < -0.39 is 0 Å². The number of hydrogen-bond donors (Lipinski definition) is 0. The summed E-state index contributed by atoms with van der Waals surface area (Å²) in [5.74, 6) is 2.82. The molecule has 0 spiro atoms. The largest absolute Gasteiger partial charge is 0.339 e. The molecule has 3 rings (SSSR count). The van der Waals surface area contributed by atoms with Gasteiger partial charge < -0.3 is 4.52 Å². The van der Waals surface area contributed by atoms with Gasteiger partial charge in [0.15, 0.2) is 5.82 Å². The number of rotatable bonds is 4. The second kappa shape index (κ2) is 5.45. The third kappa shape index (κ3) is 3.24. The van der Waals surface area contributed by atoms with Gasteiger partial charge in [-0.25, -0.2) is 0 Å². The smallest absolute Gasteiger partial charge is 0.229 e. The third-order valence-corrected chi connectivity index (χ3v) is 4.01. The monoisotopic (exact) mass is 261 g/mol. The molecule has 4 heteroatoms. The number of aromatic nitrogens is 2. The molecular formula is C15H23N3O. The molecule has 1 aliphatic carbocycles. The van der Waals surface area contributed by atoms with Crippen molar-refractivity contribution in [3.8, 4) is 0 Å². The van der Waals surface area contributed by atoms with Gasteiger partial charge in [0.2, 0.25) is 5.89 Å². The highest BCUT2D eigenvalue weighted by molar-refractivity contribution is 5.06. The second-order valence-electron chi connectivity index (χ2n) is 6.15. The maximum Gasteiger partial charge on any atom is 0.229 e. The minimum Gasteiger partial charge on any atom is -0.339 e. The van der Waals surface area contributed by atoms with Crippen molar-refractivity contribution in [1.82, 2.24) is 15.0 Å². The SMILES string of the molecule is CC(C)=CCN1CCCC(c2noc(C3CC3)n2)C1. The molecule has 1 saturated carbocycles. The summed E-state index contributed by atoms with van der Waals surface area (Å²) in [6.45, 7) is 7.61. The maximum absolute atomic E-state index is 5.38. The fourth-order valence-corrected chi connectivity index (χ4v) is 2.65. The zero-order chi connectivity index (χ0) is 13.2. The van der Waals surface area contributed by atoms with Crippen LogP contribution in [0.15, 0.2) is 16.2 Å². The van der Waals surface area contributed by atoms with Crippen LogP contribution in [-0.4, -0.2) is 34.7 Å². The van der Waals surface area contributed by atoms with Crippen molar-refractivity contribution in [1.29, 1.82) is 0 Å². The highest BCUT2D eigenvalue weighted by Crippen LogP contribution is 2.39. The first kappa shape index (κ1) is 12.9. The van der Waals surface area contributed by atoms with Crippen LogP contribution >= 0.6 is 0 Å². The minimum atomic E-state index is 0.454. The van der Waals surface area contributed by atoms with Crippen molar-refractivity contribution in [2.75, 3.05) is 19.6 Å². The number of piperidine rings is 1. The topological polar surface area (TPSA) is 42.2 Å². The Hall–Kier alpha value is -1.16. The van der Waals surface area contributed by atoms with Gasteiger partial charge in [0.05, 0.1) is 0 Å². The van der Waals surface area contributed by atoms with Gasteiger partial charge in [-0.15, -0.1) is 0 Å². The van der Waals surface area contributed by atoms with Crippen molar-refractivity contribution in [2.24, 2.45) is 0 Å². The molecule has 1 aliphatic heterocycles. The van der Waals surface area contributed by atoms with E-state index in [9.17, 15) is 0 Å². The van der Waals surface area contributed by atoms with Crippen LogP contribution in [0.2, 0.25) is 0 Å². The van der Waals surface area contributed by atoms with Crippen LogP contribution < -0.4 is 0 Å². The van der Waals surface area contributed by atoms with Gasteiger partial charge in [-0.3, -0.25) is 4.90 Å². The van der Waals surface area contributed by atoms with E-state index in [1.807, 2.05) is 0 Å². The lowest BCUT2D eigenvalue weighted by atomic mass is 9.97. The molecule has 2 aliphatic rings. The van der Waals surface area contributed by atoms with Crippen LogP contribution in [0.3, 0.4) is 0 Å². The molecule has 104 valence electrons. The van der Waals surface area contributed by atoms with Gasteiger partial charge in [-0.2, -0.15) is 4.98 Å². The fourth-order valence-electron chi connectivity index (χ4n) is 2.65. The number of nitrogens with zero attached hydrogens (tertiary/aromatic N) is 3. The fraction of sp³-hybridized carbons (Fsp3) is 0.733. The van der Waals surface area contributed by atoms with E-state index in [0.29, 0.717) is 11.8 Å². The molecule has 0 bridgehead atoms. The van der Waals surface area contributed by atoms with Crippen molar-refractivity contribution >= 4 is 0 Å². The van der Waals surface area contributed by atoms with Crippen molar-refractivity contribution in [2.45, 2.75) is 51.4 Å². The van der Waals surface area contributed by atoms with E-state index in [2.05, 4.69) is 35.0 Å². The molecule has 0 radical (unpaired) electrons. The molecule has 0 amide bonds. The van der Waals surface area contributed by atoms with Gasteiger partial charge in [0, 0.05) is 24.9 Å². The summed E-state index contributed by atoms with van der Waals surface area (Å²) in [6, 6.07) is 0. The highest BCUT2D eigenvalue weighted by atomic mass is 16.5. The molecule has 2 heterocycles. The van der Waals surface area contributed by atoms with E-state index >= 15 is 0 Å². The average molecular weight is 261 g/mol. The van der Waals surface area contributed by atoms with E-state index in [1.165, 1.54) is 37.8 Å². The van der Waals surface area contributed by atoms with Crippen LogP contribution in [0, 0.1) is 0 Å². The predicted octanol–water partition coefficient (Wildman–Crippen LogP) is 3.09. The lowest BCUT2D eigenvalue weighted by Crippen LogP contribution is -2.34. The Morgan fingerprint density at radius 1 is 1.32 bits per heavy atom. The van der Waals surface area contributed by atoms with Crippen LogP contribution in [0.5, 0.6) is 0 Å². The molecule has 0 N–H and O–H groups in total. The molecule has 4 nitrogen and oxygen atoms in total.